The van der Waals surface area contributed by atoms with E-state index in [1.54, 1.807) is 0 Å². The molecule has 0 aromatic rings. The summed E-state index contributed by atoms with van der Waals surface area (Å²) in [4.78, 5) is 25.9. The predicted octanol–water partition coefficient (Wildman–Crippen LogP) is -1.35. The molecule has 102 valence electrons. The lowest BCUT2D eigenvalue weighted by Crippen LogP contribution is -2.54. The molecule has 2 heterocycles. The van der Waals surface area contributed by atoms with Crippen molar-refractivity contribution in [3.63, 3.8) is 0 Å². The van der Waals surface area contributed by atoms with E-state index in [1.165, 1.54) is 21.6 Å². The summed E-state index contributed by atoms with van der Waals surface area (Å²) < 4.78 is 0. The number of carbonyl (C=O) groups excluding carboxylic acids is 1. The smallest absolute Gasteiger partial charge is 0.327 e. The van der Waals surface area contributed by atoms with Crippen LogP contribution >= 0.6 is 11.8 Å². The van der Waals surface area contributed by atoms with Gasteiger partial charge in [-0.3, -0.25) is 0 Å². The number of carbonyl (C=O) groups is 2. The van der Waals surface area contributed by atoms with Gasteiger partial charge in [0.2, 0.25) is 0 Å². The molecule has 18 heavy (non-hydrogen) atoms. The highest BCUT2D eigenvalue weighted by Crippen LogP contribution is 2.20. The first-order valence-corrected chi connectivity index (χ1v) is 6.88. The van der Waals surface area contributed by atoms with E-state index < -0.39 is 30.3 Å². The fourth-order valence-corrected chi connectivity index (χ4v) is 3.18. The van der Waals surface area contributed by atoms with E-state index in [-0.39, 0.29) is 13.1 Å². The van der Waals surface area contributed by atoms with Gasteiger partial charge in [-0.05, 0) is 0 Å². The third kappa shape index (κ3) is 2.55. The average molecular weight is 276 g/mol. The van der Waals surface area contributed by atoms with Crippen LogP contribution in [-0.4, -0.2) is 86.5 Å². The van der Waals surface area contributed by atoms with Crippen molar-refractivity contribution in [1.82, 2.24) is 9.80 Å². The SMILES string of the molecule is O=C(O)C1CSCCN1C(=O)N1CC(O)C(O)C1. The van der Waals surface area contributed by atoms with Crippen LogP contribution in [0.1, 0.15) is 0 Å². The van der Waals surface area contributed by atoms with Crippen LogP contribution in [0.2, 0.25) is 0 Å². The van der Waals surface area contributed by atoms with E-state index in [2.05, 4.69) is 0 Å². The number of aliphatic hydroxyl groups excluding tert-OH is 2. The lowest BCUT2D eigenvalue weighted by atomic mass is 10.3. The average Bonchev–Trinajstić information content (AvgIpc) is 2.68. The Labute approximate surface area is 108 Å². The number of aliphatic hydroxyl groups is 2. The van der Waals surface area contributed by atoms with E-state index in [4.69, 9.17) is 5.11 Å². The Hall–Kier alpha value is -0.990. The molecule has 7 nitrogen and oxygen atoms in total. The maximum absolute atomic E-state index is 12.2. The van der Waals surface area contributed by atoms with Crippen molar-refractivity contribution in [2.75, 3.05) is 31.1 Å². The first-order chi connectivity index (χ1) is 8.50. The molecule has 0 spiro atoms. The van der Waals surface area contributed by atoms with Gasteiger partial charge in [-0.1, -0.05) is 0 Å². The fourth-order valence-electron chi connectivity index (χ4n) is 2.14. The highest BCUT2D eigenvalue weighted by atomic mass is 32.2. The molecule has 0 aliphatic carbocycles. The number of urea groups is 1. The molecule has 0 radical (unpaired) electrons. The molecule has 2 rings (SSSR count). The summed E-state index contributed by atoms with van der Waals surface area (Å²) in [6.07, 6.45) is -1.90. The zero-order chi connectivity index (χ0) is 13.3. The summed E-state index contributed by atoms with van der Waals surface area (Å²) in [5.74, 6) is 0.0601. The van der Waals surface area contributed by atoms with Gasteiger partial charge in [0.05, 0.1) is 25.3 Å². The van der Waals surface area contributed by atoms with Gasteiger partial charge in [-0.2, -0.15) is 11.8 Å². The zero-order valence-corrected chi connectivity index (χ0v) is 10.5. The van der Waals surface area contributed by atoms with Gasteiger partial charge in [0.1, 0.15) is 6.04 Å². The Balaban J connectivity index is 2.05. The molecule has 8 heteroatoms. The Morgan fingerprint density at radius 2 is 1.78 bits per heavy atom. The quantitative estimate of drug-likeness (QED) is 0.547. The summed E-state index contributed by atoms with van der Waals surface area (Å²) in [7, 11) is 0. The van der Waals surface area contributed by atoms with Gasteiger partial charge >= 0.3 is 12.0 Å². The molecule has 3 unspecified atom stereocenters. The maximum atomic E-state index is 12.2. The van der Waals surface area contributed by atoms with Gasteiger partial charge in [0.15, 0.2) is 0 Å². The summed E-state index contributed by atoms with van der Waals surface area (Å²) in [6, 6.07) is -1.25. The zero-order valence-electron chi connectivity index (χ0n) is 9.73. The summed E-state index contributed by atoms with van der Waals surface area (Å²) in [5, 5.41) is 27.9. The molecule has 2 aliphatic heterocycles. The molecule has 0 aromatic carbocycles. The fraction of sp³-hybridized carbons (Fsp3) is 0.800. The topological polar surface area (TPSA) is 101 Å². The van der Waals surface area contributed by atoms with Crippen molar-refractivity contribution < 1.29 is 24.9 Å². The van der Waals surface area contributed by atoms with Crippen molar-refractivity contribution in [3.05, 3.63) is 0 Å². The molecule has 0 bridgehead atoms. The van der Waals surface area contributed by atoms with E-state index in [0.29, 0.717) is 18.1 Å². The van der Waals surface area contributed by atoms with E-state index in [9.17, 15) is 19.8 Å². The van der Waals surface area contributed by atoms with Crippen molar-refractivity contribution >= 4 is 23.8 Å². The largest absolute Gasteiger partial charge is 0.480 e. The van der Waals surface area contributed by atoms with E-state index in [0.717, 1.165) is 0 Å². The summed E-state index contributed by atoms with van der Waals surface area (Å²) in [6.45, 7) is 0.481. The number of rotatable bonds is 1. The minimum atomic E-state index is -1.02. The van der Waals surface area contributed by atoms with Crippen molar-refractivity contribution in [3.8, 4) is 0 Å². The molecule has 2 saturated heterocycles. The highest BCUT2D eigenvalue weighted by molar-refractivity contribution is 7.99. The van der Waals surface area contributed by atoms with Gasteiger partial charge in [0, 0.05) is 18.1 Å². The third-order valence-corrected chi connectivity index (χ3v) is 4.21. The number of likely N-dealkylation sites (tertiary alicyclic amines) is 1. The molecular weight excluding hydrogens is 260 g/mol. The monoisotopic (exact) mass is 276 g/mol. The molecular formula is C10H16N2O5S. The van der Waals surface area contributed by atoms with Crippen molar-refractivity contribution in [2.45, 2.75) is 18.2 Å². The summed E-state index contributed by atoms with van der Waals surface area (Å²) in [5.41, 5.74) is 0. The van der Waals surface area contributed by atoms with Crippen LogP contribution in [0, 0.1) is 0 Å². The number of aliphatic carboxylic acids is 1. The molecule has 2 aliphatic rings. The second-order valence-corrected chi connectivity index (χ2v) is 5.59. The highest BCUT2D eigenvalue weighted by Gasteiger charge is 2.39. The maximum Gasteiger partial charge on any atom is 0.327 e. The lowest BCUT2D eigenvalue weighted by Gasteiger charge is -2.35. The number of hydrogen-bond donors (Lipinski definition) is 3. The molecule has 3 N–H and O–H groups in total. The number of nitrogens with zero attached hydrogens (tertiary/aromatic N) is 2. The molecule has 2 fully saturated rings. The van der Waals surface area contributed by atoms with E-state index in [1.807, 2.05) is 0 Å². The second-order valence-electron chi connectivity index (χ2n) is 4.44. The number of carboxylic acids is 1. The van der Waals surface area contributed by atoms with Crippen LogP contribution in [-0.2, 0) is 4.79 Å². The number of thioether (sulfide) groups is 1. The summed E-state index contributed by atoms with van der Waals surface area (Å²) >= 11 is 1.50. The van der Waals surface area contributed by atoms with Crippen LogP contribution in [0.25, 0.3) is 0 Å². The predicted molar refractivity (Wildman–Crippen MR) is 64.4 cm³/mol. The van der Waals surface area contributed by atoms with Gasteiger partial charge < -0.3 is 25.1 Å². The Kier molecular flexibility index (Phi) is 3.98. The third-order valence-electron chi connectivity index (χ3n) is 3.19. The molecule has 3 atom stereocenters. The van der Waals surface area contributed by atoms with Crippen LogP contribution in [0.3, 0.4) is 0 Å². The first-order valence-electron chi connectivity index (χ1n) is 5.73. The Morgan fingerprint density at radius 1 is 1.17 bits per heavy atom. The molecule has 0 saturated carbocycles. The number of β-amino-alcohol motifs (C(OH)–C–C–N with tert-alkyl or cyclic N) is 2. The molecule has 0 aromatic heterocycles. The van der Waals surface area contributed by atoms with Crippen LogP contribution < -0.4 is 0 Å². The molecule has 2 amide bonds. The van der Waals surface area contributed by atoms with Crippen molar-refractivity contribution in [2.24, 2.45) is 0 Å². The van der Waals surface area contributed by atoms with Gasteiger partial charge in [0.25, 0.3) is 0 Å². The Bertz CT molecular complexity index is 343. The van der Waals surface area contributed by atoms with Gasteiger partial charge in [-0.15, -0.1) is 0 Å². The van der Waals surface area contributed by atoms with Gasteiger partial charge in [-0.25, -0.2) is 9.59 Å². The first kappa shape index (κ1) is 13.4. The lowest BCUT2D eigenvalue weighted by molar-refractivity contribution is -0.141. The van der Waals surface area contributed by atoms with E-state index >= 15 is 0 Å². The number of amides is 2. The number of hydrogen-bond acceptors (Lipinski definition) is 5. The minimum absolute atomic E-state index is 0.0516. The second kappa shape index (κ2) is 5.33. The van der Waals surface area contributed by atoms with Crippen molar-refractivity contribution in [1.29, 1.82) is 0 Å². The minimum Gasteiger partial charge on any atom is -0.480 e. The Morgan fingerprint density at radius 3 is 2.33 bits per heavy atom. The van der Waals surface area contributed by atoms with Crippen LogP contribution in [0.5, 0.6) is 0 Å². The number of carboxylic acid groups (broad SMARTS) is 1. The van der Waals surface area contributed by atoms with Crippen LogP contribution in [0.4, 0.5) is 4.79 Å². The van der Waals surface area contributed by atoms with Crippen LogP contribution in [0.15, 0.2) is 0 Å². The normalized spacial score (nSPS) is 32.7. The standard InChI is InChI=1S/C10H16N2O5S/c13-7-3-11(4-8(7)14)10(17)12-1-2-18-5-6(12)9(15)16/h6-8,13-14H,1-5H2,(H,15,16).